The number of nitrogens with one attached hydrogen (secondary N) is 2. The van der Waals surface area contributed by atoms with Gasteiger partial charge in [-0.1, -0.05) is 46.6 Å². The fourth-order valence-electron chi connectivity index (χ4n) is 2.32. The molecule has 2 aromatic heterocycles. The van der Waals surface area contributed by atoms with Gasteiger partial charge in [-0.25, -0.2) is 5.43 Å². The van der Waals surface area contributed by atoms with E-state index < -0.39 is 0 Å². The van der Waals surface area contributed by atoms with E-state index >= 15 is 0 Å². The number of carbonyl (C=O) groups is 1. The predicted octanol–water partition coefficient (Wildman–Crippen LogP) is 5.02. The predicted molar refractivity (Wildman–Crippen MR) is 103 cm³/mol. The van der Waals surface area contributed by atoms with Crippen molar-refractivity contribution in [3.8, 4) is 11.4 Å². The number of rotatable bonds is 4. The number of thiophene rings is 1. The van der Waals surface area contributed by atoms with Crippen molar-refractivity contribution in [1.29, 1.82) is 0 Å². The summed E-state index contributed by atoms with van der Waals surface area (Å²) in [6.07, 6.45) is 0. The maximum atomic E-state index is 12.4. The summed E-state index contributed by atoms with van der Waals surface area (Å²) in [5.41, 5.74) is 5.85. The third kappa shape index (κ3) is 3.24. The van der Waals surface area contributed by atoms with Crippen molar-refractivity contribution in [2.45, 2.75) is 0 Å². The highest BCUT2D eigenvalue weighted by Crippen LogP contribution is 2.34. The Kier molecular flexibility index (Phi) is 4.50. The summed E-state index contributed by atoms with van der Waals surface area (Å²) in [6, 6.07) is 14.6. The first-order chi connectivity index (χ1) is 12.6. The second-order valence-electron chi connectivity index (χ2n) is 5.25. The van der Waals surface area contributed by atoms with E-state index in [1.165, 1.54) is 11.3 Å². The summed E-state index contributed by atoms with van der Waals surface area (Å²) in [7, 11) is 0. The van der Waals surface area contributed by atoms with Gasteiger partial charge in [-0.05, 0) is 30.3 Å². The molecular weight excluding hydrogens is 395 g/mol. The smallest absolute Gasteiger partial charge is 0.313 e. The lowest BCUT2D eigenvalue weighted by atomic mass is 10.2. The number of anilines is 1. The molecule has 6 nitrogen and oxygen atoms in total. The van der Waals surface area contributed by atoms with Crippen LogP contribution in [-0.4, -0.2) is 16.0 Å². The first-order valence-electron chi connectivity index (χ1n) is 7.45. The van der Waals surface area contributed by atoms with Gasteiger partial charge in [0.2, 0.25) is 5.82 Å². The molecule has 0 aliphatic rings. The molecule has 9 heteroatoms. The van der Waals surface area contributed by atoms with Crippen LogP contribution in [0.25, 0.3) is 21.5 Å². The van der Waals surface area contributed by atoms with Crippen LogP contribution in [0.15, 0.2) is 53.1 Å². The largest absolute Gasteiger partial charge is 0.340 e. The van der Waals surface area contributed by atoms with Crippen LogP contribution in [0.3, 0.4) is 0 Å². The molecule has 130 valence electrons. The number of hydrogen-bond donors (Lipinski definition) is 2. The quantitative estimate of drug-likeness (QED) is 0.467. The van der Waals surface area contributed by atoms with Crippen LogP contribution in [0.5, 0.6) is 0 Å². The van der Waals surface area contributed by atoms with E-state index in [-0.39, 0.29) is 11.9 Å². The molecule has 0 bridgehead atoms. The summed E-state index contributed by atoms with van der Waals surface area (Å²) >= 11 is 13.5. The Hall–Kier alpha value is -2.61. The molecule has 0 saturated carbocycles. The van der Waals surface area contributed by atoms with Crippen LogP contribution in [-0.2, 0) is 0 Å². The Balaban J connectivity index is 1.47. The summed E-state index contributed by atoms with van der Waals surface area (Å²) < 4.78 is 6.01. The molecule has 2 aromatic carbocycles. The van der Waals surface area contributed by atoms with Crippen molar-refractivity contribution in [3.05, 3.63) is 63.5 Å². The van der Waals surface area contributed by atoms with E-state index in [0.29, 0.717) is 20.7 Å². The molecule has 0 radical (unpaired) electrons. The van der Waals surface area contributed by atoms with Crippen LogP contribution in [0, 0.1) is 0 Å². The zero-order valence-electron chi connectivity index (χ0n) is 13.0. The zero-order valence-corrected chi connectivity index (χ0v) is 15.3. The first-order valence-corrected chi connectivity index (χ1v) is 9.02. The molecule has 0 spiro atoms. The highest BCUT2D eigenvalue weighted by atomic mass is 35.5. The number of amides is 1. The molecule has 0 aliphatic heterocycles. The third-order valence-electron chi connectivity index (χ3n) is 3.55. The molecule has 0 fully saturated rings. The summed E-state index contributed by atoms with van der Waals surface area (Å²) in [6.45, 7) is 0. The van der Waals surface area contributed by atoms with Gasteiger partial charge in [-0.15, -0.1) is 11.3 Å². The number of carbonyl (C=O) groups excluding carboxylic acids is 1. The van der Waals surface area contributed by atoms with Gasteiger partial charge in [-0.3, -0.25) is 10.2 Å². The molecule has 26 heavy (non-hydrogen) atoms. The summed E-state index contributed by atoms with van der Waals surface area (Å²) in [5, 5.41) is 5.72. The fourth-order valence-corrected chi connectivity index (χ4v) is 3.86. The van der Waals surface area contributed by atoms with E-state index in [4.69, 9.17) is 27.7 Å². The number of halogens is 2. The summed E-state index contributed by atoms with van der Waals surface area (Å²) in [5.74, 6) is -0.0132. The van der Waals surface area contributed by atoms with Crippen molar-refractivity contribution in [1.82, 2.24) is 15.6 Å². The number of nitrogens with zero attached hydrogens (tertiary/aromatic N) is 2. The molecule has 1 amide bonds. The van der Waals surface area contributed by atoms with Crippen molar-refractivity contribution < 1.29 is 9.32 Å². The minimum absolute atomic E-state index is 0.0560. The Labute approximate surface area is 161 Å². The molecular formula is C17H10Cl2N4O2S. The van der Waals surface area contributed by atoms with E-state index in [1.807, 2.05) is 24.3 Å². The molecule has 2 N–H and O–H groups in total. The van der Waals surface area contributed by atoms with E-state index in [9.17, 15) is 4.79 Å². The highest BCUT2D eigenvalue weighted by Gasteiger charge is 2.17. The van der Waals surface area contributed by atoms with Gasteiger partial charge in [0, 0.05) is 20.7 Å². The third-order valence-corrected chi connectivity index (χ3v) is 5.48. The monoisotopic (exact) mass is 404 g/mol. The number of fused-ring (bicyclic) bond motifs is 1. The van der Waals surface area contributed by atoms with Gasteiger partial charge in [-0.2, -0.15) is 4.98 Å². The van der Waals surface area contributed by atoms with Gasteiger partial charge in [0.1, 0.15) is 4.88 Å². The Morgan fingerprint density at radius 2 is 1.85 bits per heavy atom. The van der Waals surface area contributed by atoms with Crippen LogP contribution in [0.1, 0.15) is 9.67 Å². The number of hydrogen-bond acceptors (Lipinski definition) is 6. The van der Waals surface area contributed by atoms with Crippen molar-refractivity contribution >= 4 is 56.5 Å². The van der Waals surface area contributed by atoms with Crippen LogP contribution >= 0.6 is 34.5 Å². The average Bonchev–Trinajstić information content (AvgIpc) is 3.26. The molecule has 0 saturated heterocycles. The second kappa shape index (κ2) is 6.95. The van der Waals surface area contributed by atoms with E-state index in [1.54, 1.807) is 24.3 Å². The zero-order chi connectivity index (χ0) is 18.1. The Bertz CT molecular complexity index is 1090. The number of benzene rings is 2. The minimum Gasteiger partial charge on any atom is -0.313 e. The number of hydrazine groups is 1. The molecule has 4 rings (SSSR count). The topological polar surface area (TPSA) is 80.0 Å². The minimum atomic E-state index is -0.387. The van der Waals surface area contributed by atoms with E-state index in [2.05, 4.69) is 21.0 Å². The summed E-state index contributed by atoms with van der Waals surface area (Å²) in [4.78, 5) is 16.9. The van der Waals surface area contributed by atoms with Gasteiger partial charge >= 0.3 is 6.01 Å². The van der Waals surface area contributed by atoms with Gasteiger partial charge < -0.3 is 4.52 Å². The van der Waals surface area contributed by atoms with Gasteiger partial charge in [0.15, 0.2) is 0 Å². The maximum absolute atomic E-state index is 12.4. The average molecular weight is 405 g/mol. The van der Waals surface area contributed by atoms with E-state index in [0.717, 1.165) is 15.6 Å². The van der Waals surface area contributed by atoms with Crippen LogP contribution in [0.4, 0.5) is 6.01 Å². The molecule has 4 aromatic rings. The lowest BCUT2D eigenvalue weighted by Crippen LogP contribution is -2.29. The molecule has 0 unspecified atom stereocenters. The second-order valence-corrected chi connectivity index (χ2v) is 7.12. The lowest BCUT2D eigenvalue weighted by molar-refractivity contribution is 0.0965. The standard InChI is InChI=1S/C17H10Cl2N4O2S/c18-10-7-5-9(6-8-10)15-20-17(25-23-15)22-21-16(24)14-13(19)11-3-1-2-4-12(11)26-14/h1-8H,(H,21,24)(H,20,22,23). The normalized spacial score (nSPS) is 10.8. The van der Waals surface area contributed by atoms with Crippen molar-refractivity contribution in [2.75, 3.05) is 5.43 Å². The van der Waals surface area contributed by atoms with Crippen molar-refractivity contribution in [3.63, 3.8) is 0 Å². The van der Waals surface area contributed by atoms with Crippen molar-refractivity contribution in [2.24, 2.45) is 0 Å². The Morgan fingerprint density at radius 3 is 2.62 bits per heavy atom. The SMILES string of the molecule is O=C(NNc1nc(-c2ccc(Cl)cc2)no1)c1sc2ccccc2c1Cl. The number of aromatic nitrogens is 2. The lowest BCUT2D eigenvalue weighted by Gasteiger charge is -2.02. The molecule has 0 atom stereocenters. The highest BCUT2D eigenvalue weighted by molar-refractivity contribution is 7.21. The van der Waals surface area contributed by atoms with Gasteiger partial charge in [0.05, 0.1) is 5.02 Å². The fraction of sp³-hybridized carbons (Fsp3) is 0. The van der Waals surface area contributed by atoms with Crippen LogP contribution < -0.4 is 10.9 Å². The van der Waals surface area contributed by atoms with Gasteiger partial charge in [0.25, 0.3) is 5.91 Å². The van der Waals surface area contributed by atoms with Crippen LogP contribution in [0.2, 0.25) is 10.0 Å². The Morgan fingerprint density at radius 1 is 1.08 bits per heavy atom. The molecule has 0 aliphatic carbocycles. The molecule has 2 heterocycles. The first kappa shape index (κ1) is 16.8. The maximum Gasteiger partial charge on any atom is 0.340 e.